The number of hydrogen-bond acceptors (Lipinski definition) is 4. The normalized spacial score (nSPS) is 18.9. The Morgan fingerprint density at radius 1 is 1.14 bits per heavy atom. The van der Waals surface area contributed by atoms with Crippen LogP contribution in [0.25, 0.3) is 0 Å². The Hall–Kier alpha value is -1.90. The molecule has 0 aromatic heterocycles. The van der Waals surface area contributed by atoms with E-state index in [4.69, 9.17) is 28.0 Å². The van der Waals surface area contributed by atoms with Gasteiger partial charge in [-0.2, -0.15) is 13.2 Å². The van der Waals surface area contributed by atoms with E-state index in [2.05, 4.69) is 5.16 Å². The highest BCUT2D eigenvalue weighted by Gasteiger charge is 2.62. The molecule has 29 heavy (non-hydrogen) atoms. The van der Waals surface area contributed by atoms with Crippen molar-refractivity contribution in [2.75, 3.05) is 14.1 Å². The summed E-state index contributed by atoms with van der Waals surface area (Å²) in [7, 11) is 3.26. The van der Waals surface area contributed by atoms with Crippen LogP contribution < -0.4 is 0 Å². The number of hydrogen-bond donors (Lipinski definition) is 0. The average Bonchev–Trinajstić information content (AvgIpc) is 3.08. The van der Waals surface area contributed by atoms with Gasteiger partial charge in [-0.15, -0.1) is 0 Å². The summed E-state index contributed by atoms with van der Waals surface area (Å²) in [5.74, 6) is 0. The predicted octanol–water partition coefficient (Wildman–Crippen LogP) is 6.35. The largest absolute Gasteiger partial charge is 0.435 e. The van der Waals surface area contributed by atoms with Crippen molar-refractivity contribution < 1.29 is 22.8 Å². The topological polar surface area (TPSA) is 41.9 Å². The SMILES string of the molecule is CN(C)C(=O)Sc1ccc(C2=NOC(c3cc(Cl)cc(Cl)c3)(C(F)(F)F)C2)cc1. The lowest BCUT2D eigenvalue weighted by Crippen LogP contribution is -2.42. The molecule has 1 heterocycles. The van der Waals surface area contributed by atoms with E-state index in [-0.39, 0.29) is 26.6 Å². The van der Waals surface area contributed by atoms with Crippen molar-refractivity contribution in [1.29, 1.82) is 0 Å². The molecule has 10 heteroatoms. The zero-order chi connectivity index (χ0) is 21.4. The summed E-state index contributed by atoms with van der Waals surface area (Å²) in [5.41, 5.74) is -2.30. The van der Waals surface area contributed by atoms with Gasteiger partial charge in [0.1, 0.15) is 0 Å². The summed E-state index contributed by atoms with van der Waals surface area (Å²) < 4.78 is 42.0. The Morgan fingerprint density at radius 2 is 1.72 bits per heavy atom. The minimum absolute atomic E-state index is 0.0695. The number of carbonyl (C=O) groups excluding carboxylic acids is 1. The number of carbonyl (C=O) groups is 1. The molecule has 1 unspecified atom stereocenters. The smallest absolute Gasteiger partial charge is 0.374 e. The third kappa shape index (κ3) is 4.49. The molecule has 4 nitrogen and oxygen atoms in total. The lowest BCUT2D eigenvalue weighted by Gasteiger charge is -2.29. The summed E-state index contributed by atoms with van der Waals surface area (Å²) in [6.45, 7) is 0. The molecule has 154 valence electrons. The highest BCUT2D eigenvalue weighted by atomic mass is 35.5. The molecular weight excluding hydrogens is 448 g/mol. The molecule has 0 bridgehead atoms. The molecule has 0 aliphatic carbocycles. The molecule has 0 spiro atoms. The van der Waals surface area contributed by atoms with Gasteiger partial charge in [0.25, 0.3) is 10.8 Å². The van der Waals surface area contributed by atoms with E-state index in [1.807, 2.05) is 0 Å². The molecule has 0 saturated carbocycles. The van der Waals surface area contributed by atoms with E-state index >= 15 is 0 Å². The van der Waals surface area contributed by atoms with E-state index < -0.39 is 18.2 Å². The molecule has 1 amide bonds. The summed E-state index contributed by atoms with van der Waals surface area (Å²) in [4.78, 5) is 18.8. The quantitative estimate of drug-likeness (QED) is 0.499. The zero-order valence-electron chi connectivity index (χ0n) is 15.3. The lowest BCUT2D eigenvalue weighted by molar-refractivity contribution is -0.275. The Bertz CT molecular complexity index is 945. The van der Waals surface area contributed by atoms with Crippen molar-refractivity contribution in [2.45, 2.75) is 23.1 Å². The number of amides is 1. The molecule has 1 atom stereocenters. The van der Waals surface area contributed by atoms with Crippen molar-refractivity contribution >= 4 is 45.9 Å². The van der Waals surface area contributed by atoms with Crippen LogP contribution in [-0.2, 0) is 10.4 Å². The molecule has 0 saturated heterocycles. The molecule has 2 aromatic rings. The van der Waals surface area contributed by atoms with Gasteiger partial charge in [-0.05, 0) is 47.7 Å². The molecular formula is C19H15Cl2F3N2O2S. The molecule has 1 aliphatic heterocycles. The van der Waals surface area contributed by atoms with Crippen molar-refractivity contribution in [2.24, 2.45) is 5.16 Å². The van der Waals surface area contributed by atoms with Crippen LogP contribution in [0.15, 0.2) is 52.5 Å². The van der Waals surface area contributed by atoms with Crippen LogP contribution in [0, 0.1) is 0 Å². The summed E-state index contributed by atoms with van der Waals surface area (Å²) >= 11 is 12.8. The fourth-order valence-corrected chi connectivity index (χ4v) is 3.94. The van der Waals surface area contributed by atoms with E-state index in [9.17, 15) is 18.0 Å². The first-order valence-corrected chi connectivity index (χ1v) is 9.87. The third-order valence-corrected chi connectivity index (χ3v) is 5.76. The van der Waals surface area contributed by atoms with Gasteiger partial charge in [0.2, 0.25) is 0 Å². The van der Waals surface area contributed by atoms with E-state index in [1.165, 1.54) is 23.1 Å². The van der Waals surface area contributed by atoms with Crippen molar-refractivity contribution in [3.63, 3.8) is 0 Å². The Kier molecular flexibility index (Phi) is 6.08. The number of thioether (sulfide) groups is 1. The lowest BCUT2D eigenvalue weighted by atomic mass is 9.86. The van der Waals surface area contributed by atoms with Crippen LogP contribution in [0.3, 0.4) is 0 Å². The second-order valence-corrected chi connectivity index (χ2v) is 8.47. The van der Waals surface area contributed by atoms with Crippen LogP contribution in [-0.4, -0.2) is 36.1 Å². The van der Waals surface area contributed by atoms with E-state index in [0.717, 1.165) is 11.8 Å². The number of halogens is 5. The predicted molar refractivity (Wildman–Crippen MR) is 108 cm³/mol. The number of rotatable bonds is 3. The van der Waals surface area contributed by atoms with Gasteiger partial charge in [0, 0.05) is 41.0 Å². The van der Waals surface area contributed by atoms with Crippen LogP contribution in [0.5, 0.6) is 0 Å². The highest BCUT2D eigenvalue weighted by molar-refractivity contribution is 8.13. The van der Waals surface area contributed by atoms with Gasteiger partial charge >= 0.3 is 6.18 Å². The number of nitrogens with zero attached hydrogens (tertiary/aromatic N) is 2. The second kappa shape index (κ2) is 8.08. The molecule has 1 aliphatic rings. The molecule has 0 radical (unpaired) electrons. The fourth-order valence-electron chi connectivity index (χ4n) is 2.75. The van der Waals surface area contributed by atoms with Gasteiger partial charge in [-0.3, -0.25) is 4.79 Å². The first-order chi connectivity index (χ1) is 13.5. The van der Waals surface area contributed by atoms with Gasteiger partial charge in [-0.1, -0.05) is 40.5 Å². The molecule has 0 N–H and O–H groups in total. The minimum Gasteiger partial charge on any atom is -0.374 e. The summed E-state index contributed by atoms with van der Waals surface area (Å²) in [6.07, 6.45) is -5.28. The van der Waals surface area contributed by atoms with Gasteiger partial charge in [-0.25, -0.2) is 0 Å². The number of alkyl halides is 3. The third-order valence-electron chi connectivity index (χ3n) is 4.27. The van der Waals surface area contributed by atoms with Crippen LogP contribution >= 0.6 is 35.0 Å². The van der Waals surface area contributed by atoms with Crippen LogP contribution in [0.2, 0.25) is 10.0 Å². The fraction of sp³-hybridized carbons (Fsp3) is 0.263. The molecule has 2 aromatic carbocycles. The summed E-state index contributed by atoms with van der Waals surface area (Å²) in [5, 5.41) is 3.69. The summed E-state index contributed by atoms with van der Waals surface area (Å²) in [6, 6.07) is 10.2. The second-order valence-electron chi connectivity index (χ2n) is 6.58. The average molecular weight is 463 g/mol. The first-order valence-electron chi connectivity index (χ1n) is 8.30. The zero-order valence-corrected chi connectivity index (χ0v) is 17.6. The van der Waals surface area contributed by atoms with Crippen molar-refractivity contribution in [1.82, 2.24) is 4.90 Å². The number of oxime groups is 1. The Morgan fingerprint density at radius 3 is 2.24 bits per heavy atom. The maximum Gasteiger partial charge on any atom is 0.435 e. The highest BCUT2D eigenvalue weighted by Crippen LogP contribution is 2.49. The van der Waals surface area contributed by atoms with Crippen LogP contribution in [0.4, 0.5) is 18.0 Å². The Balaban J connectivity index is 1.88. The van der Waals surface area contributed by atoms with Gasteiger partial charge < -0.3 is 9.74 Å². The Labute approximate surface area is 179 Å². The standard InChI is InChI=1S/C19H15Cl2F3N2O2S/c1-26(2)17(27)29-15-5-3-11(4-6-15)16-10-18(28-25-16,19(22,23)24)12-7-13(20)9-14(21)8-12/h3-9H,10H2,1-2H3. The van der Waals surface area contributed by atoms with E-state index in [1.54, 1.807) is 38.4 Å². The van der Waals surface area contributed by atoms with Crippen LogP contribution in [0.1, 0.15) is 17.5 Å². The maximum absolute atomic E-state index is 14.0. The monoisotopic (exact) mass is 462 g/mol. The van der Waals surface area contributed by atoms with Gasteiger partial charge in [0.05, 0.1) is 5.71 Å². The maximum atomic E-state index is 14.0. The van der Waals surface area contributed by atoms with Crippen molar-refractivity contribution in [3.8, 4) is 0 Å². The molecule has 3 rings (SSSR count). The molecule has 0 fully saturated rings. The van der Waals surface area contributed by atoms with E-state index in [0.29, 0.717) is 10.5 Å². The minimum atomic E-state index is -4.75. The van der Waals surface area contributed by atoms with Gasteiger partial charge in [0.15, 0.2) is 0 Å². The van der Waals surface area contributed by atoms with Crippen molar-refractivity contribution in [3.05, 3.63) is 63.6 Å². The first kappa shape index (κ1) is 21.8. The number of benzene rings is 2.